The number of aliphatic carboxylic acids is 1. The van der Waals surface area contributed by atoms with Crippen molar-refractivity contribution in [3.05, 3.63) is 29.1 Å². The first-order chi connectivity index (χ1) is 11.1. The minimum absolute atomic E-state index is 0.0597. The molecule has 1 aliphatic heterocycles. The van der Waals surface area contributed by atoms with Crippen molar-refractivity contribution in [3.63, 3.8) is 0 Å². The molecule has 1 saturated heterocycles. The zero-order valence-electron chi connectivity index (χ0n) is 12.8. The molecule has 2 N–H and O–H groups in total. The molecule has 2 fully saturated rings. The first-order valence-electron chi connectivity index (χ1n) is 7.35. The Morgan fingerprint density at radius 2 is 1.92 bits per heavy atom. The van der Waals surface area contributed by atoms with E-state index in [4.69, 9.17) is 5.11 Å². The van der Waals surface area contributed by atoms with Crippen LogP contribution in [0.15, 0.2) is 17.0 Å². The molecule has 7 nitrogen and oxygen atoms in total. The largest absolute Gasteiger partial charge is 0.481 e. The second-order valence-electron chi connectivity index (χ2n) is 6.43. The van der Waals surface area contributed by atoms with Gasteiger partial charge in [-0.2, -0.15) is 4.31 Å². The molecule has 1 saturated carbocycles. The van der Waals surface area contributed by atoms with Gasteiger partial charge in [-0.15, -0.1) is 0 Å². The zero-order chi connectivity index (χ0) is 17.9. The first-order valence-corrected chi connectivity index (χ1v) is 8.79. The molecule has 1 unspecified atom stereocenters. The van der Waals surface area contributed by atoms with Crippen molar-refractivity contribution in [2.24, 2.45) is 11.3 Å². The molecule has 1 heterocycles. The number of halogens is 1. The first kappa shape index (κ1) is 16.8. The number of sulfonamides is 1. The predicted octanol–water partition coefficient (Wildman–Crippen LogP) is 1.32. The van der Waals surface area contributed by atoms with Crippen molar-refractivity contribution in [1.29, 1.82) is 0 Å². The van der Waals surface area contributed by atoms with Gasteiger partial charge in [0.25, 0.3) is 0 Å². The number of benzene rings is 1. The molecule has 1 aromatic rings. The molecule has 1 atom stereocenters. The Balaban J connectivity index is 2.01. The highest BCUT2D eigenvalue weighted by Crippen LogP contribution is 2.57. The Morgan fingerprint density at radius 3 is 2.38 bits per heavy atom. The minimum atomic E-state index is -4.16. The highest BCUT2D eigenvalue weighted by molar-refractivity contribution is 7.89. The van der Waals surface area contributed by atoms with E-state index < -0.39 is 49.6 Å². The van der Waals surface area contributed by atoms with Crippen LogP contribution in [0.1, 0.15) is 28.8 Å². The lowest BCUT2D eigenvalue weighted by molar-refractivity contribution is -0.142. The zero-order valence-corrected chi connectivity index (χ0v) is 13.6. The number of carboxylic acid groups (broad SMARTS) is 2. The van der Waals surface area contributed by atoms with Crippen LogP contribution in [0.3, 0.4) is 0 Å². The lowest BCUT2D eigenvalue weighted by Crippen LogP contribution is -2.30. The number of rotatable bonds is 4. The van der Waals surface area contributed by atoms with Gasteiger partial charge in [-0.05, 0) is 42.9 Å². The Labute approximate surface area is 137 Å². The number of hydrogen-bond acceptors (Lipinski definition) is 4. The fourth-order valence-electron chi connectivity index (χ4n) is 3.29. The molecule has 1 aromatic carbocycles. The van der Waals surface area contributed by atoms with Crippen molar-refractivity contribution >= 4 is 22.0 Å². The fraction of sp³-hybridized carbons (Fsp3) is 0.467. The summed E-state index contributed by atoms with van der Waals surface area (Å²) in [6.07, 6.45) is 1.28. The van der Waals surface area contributed by atoms with Crippen molar-refractivity contribution in [1.82, 2.24) is 4.31 Å². The number of aromatic carboxylic acids is 1. The van der Waals surface area contributed by atoms with E-state index in [2.05, 4.69) is 0 Å². The van der Waals surface area contributed by atoms with Gasteiger partial charge in [0.05, 0.1) is 16.4 Å². The lowest BCUT2D eigenvalue weighted by Gasteiger charge is -2.17. The number of hydrogen-bond donors (Lipinski definition) is 2. The quantitative estimate of drug-likeness (QED) is 0.840. The second-order valence-corrected chi connectivity index (χ2v) is 8.37. The normalized spacial score (nSPS) is 22.7. The van der Waals surface area contributed by atoms with E-state index in [9.17, 15) is 27.5 Å². The van der Waals surface area contributed by atoms with Crippen LogP contribution in [-0.2, 0) is 14.8 Å². The number of carboxylic acids is 2. The summed E-state index contributed by atoms with van der Waals surface area (Å²) in [6, 6.07) is 1.70. The van der Waals surface area contributed by atoms with Crippen molar-refractivity contribution in [2.45, 2.75) is 24.7 Å². The van der Waals surface area contributed by atoms with Gasteiger partial charge < -0.3 is 10.2 Å². The van der Waals surface area contributed by atoms with E-state index in [-0.39, 0.29) is 18.7 Å². The Hall–Kier alpha value is -2.00. The monoisotopic (exact) mass is 357 g/mol. The molecular formula is C15H16FNO6S. The van der Waals surface area contributed by atoms with Crippen LogP contribution in [-0.4, -0.2) is 48.0 Å². The van der Waals surface area contributed by atoms with Crippen LogP contribution in [0.25, 0.3) is 0 Å². The van der Waals surface area contributed by atoms with Crippen LogP contribution in [0.5, 0.6) is 0 Å². The number of carbonyl (C=O) groups is 2. The van der Waals surface area contributed by atoms with E-state index >= 15 is 0 Å². The van der Waals surface area contributed by atoms with E-state index in [0.717, 1.165) is 16.4 Å². The molecule has 0 bridgehead atoms. The Bertz CT molecular complexity index is 846. The molecular weight excluding hydrogens is 341 g/mol. The lowest BCUT2D eigenvalue weighted by atomic mass is 9.93. The minimum Gasteiger partial charge on any atom is -0.481 e. The van der Waals surface area contributed by atoms with Crippen LogP contribution in [0.4, 0.5) is 4.39 Å². The summed E-state index contributed by atoms with van der Waals surface area (Å²) in [6.45, 7) is 1.13. The molecule has 3 rings (SSSR count). The summed E-state index contributed by atoms with van der Waals surface area (Å²) >= 11 is 0. The summed E-state index contributed by atoms with van der Waals surface area (Å²) in [5, 5.41) is 18.4. The molecule has 0 aromatic heterocycles. The van der Waals surface area contributed by atoms with Gasteiger partial charge in [0.2, 0.25) is 10.0 Å². The van der Waals surface area contributed by atoms with E-state index in [1.54, 1.807) is 0 Å². The summed E-state index contributed by atoms with van der Waals surface area (Å²) in [7, 11) is -4.16. The molecule has 9 heteroatoms. The van der Waals surface area contributed by atoms with Crippen molar-refractivity contribution in [3.8, 4) is 0 Å². The smallest absolute Gasteiger partial charge is 0.336 e. The molecule has 1 aliphatic carbocycles. The second kappa shape index (κ2) is 5.25. The van der Waals surface area contributed by atoms with Gasteiger partial charge in [0.15, 0.2) is 0 Å². The Kier molecular flexibility index (Phi) is 3.68. The van der Waals surface area contributed by atoms with Crippen molar-refractivity contribution in [2.75, 3.05) is 13.1 Å². The third kappa shape index (κ3) is 2.48. The topological polar surface area (TPSA) is 112 Å². The van der Waals surface area contributed by atoms with Gasteiger partial charge in [0.1, 0.15) is 5.82 Å². The van der Waals surface area contributed by atoms with Crippen molar-refractivity contribution < 1.29 is 32.6 Å². The molecule has 130 valence electrons. The van der Waals surface area contributed by atoms with Crippen LogP contribution in [0.2, 0.25) is 0 Å². The highest BCUT2D eigenvalue weighted by atomic mass is 32.2. The maximum absolute atomic E-state index is 13.9. The molecule has 0 radical (unpaired) electrons. The van der Waals surface area contributed by atoms with E-state index in [0.29, 0.717) is 12.8 Å². The predicted molar refractivity (Wildman–Crippen MR) is 79.6 cm³/mol. The van der Waals surface area contributed by atoms with Crippen LogP contribution < -0.4 is 0 Å². The van der Waals surface area contributed by atoms with E-state index in [1.807, 2.05) is 0 Å². The molecule has 24 heavy (non-hydrogen) atoms. The number of nitrogens with zero attached hydrogens (tertiary/aromatic N) is 1. The van der Waals surface area contributed by atoms with Gasteiger partial charge in [-0.1, -0.05) is 0 Å². The standard InChI is InChI=1S/C15H16FNO6S/c1-8-10(13(18)19)4-9(5-12(8)16)24(22,23)17-6-11(14(20)21)15(7-17)2-3-15/h4-5,11H,2-3,6-7H2,1H3,(H,18,19)(H,20,21). The maximum atomic E-state index is 13.9. The third-order valence-electron chi connectivity index (χ3n) is 4.99. The summed E-state index contributed by atoms with van der Waals surface area (Å²) in [5.41, 5.74) is -1.12. The summed E-state index contributed by atoms with van der Waals surface area (Å²) in [4.78, 5) is 22.1. The molecule has 0 amide bonds. The molecule has 2 aliphatic rings. The van der Waals surface area contributed by atoms with Gasteiger partial charge in [-0.3, -0.25) is 4.79 Å². The average Bonchev–Trinajstić information content (AvgIpc) is 3.12. The van der Waals surface area contributed by atoms with E-state index in [1.165, 1.54) is 6.92 Å². The van der Waals surface area contributed by atoms with Gasteiger partial charge in [-0.25, -0.2) is 17.6 Å². The SMILES string of the molecule is Cc1c(F)cc(S(=O)(=O)N2CC(C(=O)O)C3(CC3)C2)cc1C(=O)O. The highest BCUT2D eigenvalue weighted by Gasteiger charge is 2.60. The van der Waals surface area contributed by atoms with Crippen LogP contribution >= 0.6 is 0 Å². The molecule has 1 spiro atoms. The third-order valence-corrected chi connectivity index (χ3v) is 6.78. The summed E-state index contributed by atoms with van der Waals surface area (Å²) < 4.78 is 40.4. The van der Waals surface area contributed by atoms with Crippen LogP contribution in [0, 0.1) is 24.1 Å². The van der Waals surface area contributed by atoms with Gasteiger partial charge >= 0.3 is 11.9 Å². The fourth-order valence-corrected chi connectivity index (χ4v) is 4.88. The van der Waals surface area contributed by atoms with Gasteiger partial charge in [0, 0.05) is 13.1 Å². The summed E-state index contributed by atoms with van der Waals surface area (Å²) in [5.74, 6) is -4.19. The Morgan fingerprint density at radius 1 is 1.29 bits per heavy atom. The maximum Gasteiger partial charge on any atom is 0.336 e. The average molecular weight is 357 g/mol.